The van der Waals surface area contributed by atoms with E-state index in [9.17, 15) is 14.4 Å². The Morgan fingerprint density at radius 1 is 1.39 bits per heavy atom. The second-order valence-corrected chi connectivity index (χ2v) is 4.29. The number of benzene rings is 1. The molecular formula is C11H12BrN3O3. The van der Waals surface area contributed by atoms with Gasteiger partial charge in [-0.25, -0.2) is 4.79 Å². The minimum absolute atomic E-state index is 0.134. The van der Waals surface area contributed by atoms with Crippen LogP contribution in [0.3, 0.4) is 0 Å². The molecule has 0 aliphatic rings. The van der Waals surface area contributed by atoms with E-state index in [2.05, 4.69) is 21.4 Å². The van der Waals surface area contributed by atoms with Gasteiger partial charge in [0.05, 0.1) is 0 Å². The number of halogens is 1. The van der Waals surface area contributed by atoms with Crippen molar-refractivity contribution < 1.29 is 14.4 Å². The van der Waals surface area contributed by atoms with E-state index in [1.165, 1.54) is 12.1 Å². The topological polar surface area (TPSA) is 92.5 Å². The minimum Gasteiger partial charge on any atom is -0.350 e. The van der Waals surface area contributed by atoms with Gasteiger partial charge in [0.15, 0.2) is 0 Å². The number of hydrogen-bond donors (Lipinski definition) is 2. The number of hydrogen-bond acceptors (Lipinski definition) is 3. The fourth-order valence-corrected chi connectivity index (χ4v) is 1.56. The lowest BCUT2D eigenvalue weighted by Gasteiger charge is -2.18. The first-order valence-electron chi connectivity index (χ1n) is 5.14. The van der Waals surface area contributed by atoms with E-state index in [4.69, 9.17) is 5.73 Å². The van der Waals surface area contributed by atoms with Crippen LogP contribution in [-0.2, 0) is 4.79 Å². The molecule has 0 saturated carbocycles. The summed E-state index contributed by atoms with van der Waals surface area (Å²) in [4.78, 5) is 34.3. The van der Waals surface area contributed by atoms with Gasteiger partial charge in [0, 0.05) is 16.5 Å². The molecular weight excluding hydrogens is 302 g/mol. The van der Waals surface area contributed by atoms with Crippen molar-refractivity contribution in [3.63, 3.8) is 0 Å². The Morgan fingerprint density at radius 3 is 2.56 bits per heavy atom. The van der Waals surface area contributed by atoms with Crippen molar-refractivity contribution in [2.75, 3.05) is 0 Å². The Kier molecular flexibility index (Phi) is 4.85. The maximum absolute atomic E-state index is 12.0. The number of nitrogens with one attached hydrogen (secondary N) is 1. The molecule has 0 aromatic heterocycles. The zero-order valence-electron chi connectivity index (χ0n) is 9.64. The minimum atomic E-state index is -1.04. The lowest BCUT2D eigenvalue weighted by molar-refractivity contribution is -0.123. The number of primary amides is 1. The van der Waals surface area contributed by atoms with Gasteiger partial charge in [-0.05, 0) is 18.2 Å². The fraction of sp³-hybridized carbons (Fsp3) is 0.182. The molecule has 1 rings (SSSR count). The number of imide groups is 1. The molecule has 96 valence electrons. The number of nitrogens with two attached hydrogens (primary N) is 1. The number of hydrazine groups is 1. The molecule has 1 aromatic carbocycles. The first kappa shape index (κ1) is 14.2. The molecule has 0 aliphatic heterocycles. The number of amides is 4. The van der Waals surface area contributed by atoms with Gasteiger partial charge in [-0.3, -0.25) is 15.0 Å². The second kappa shape index (κ2) is 6.15. The maximum Gasteiger partial charge on any atom is 0.341 e. The van der Waals surface area contributed by atoms with Crippen molar-refractivity contribution >= 4 is 33.8 Å². The van der Waals surface area contributed by atoms with E-state index in [0.29, 0.717) is 9.48 Å². The van der Waals surface area contributed by atoms with Crippen LogP contribution >= 0.6 is 15.9 Å². The SMILES string of the molecule is CCC(=O)NN(C(N)=O)C(=O)c1cccc(Br)c1. The highest BCUT2D eigenvalue weighted by molar-refractivity contribution is 9.10. The molecule has 0 saturated heterocycles. The standard InChI is InChI=1S/C11H12BrN3O3/c1-2-9(16)14-15(11(13)18)10(17)7-4-3-5-8(12)6-7/h3-6H,2H2,1H3,(H2,13,18)(H,14,16). The first-order chi connectivity index (χ1) is 8.45. The molecule has 3 N–H and O–H groups in total. The van der Waals surface area contributed by atoms with E-state index >= 15 is 0 Å². The summed E-state index contributed by atoms with van der Waals surface area (Å²) in [6.07, 6.45) is 0.134. The van der Waals surface area contributed by atoms with Crippen LogP contribution in [0, 0.1) is 0 Å². The van der Waals surface area contributed by atoms with Crippen LogP contribution in [0.4, 0.5) is 4.79 Å². The molecule has 0 heterocycles. The van der Waals surface area contributed by atoms with E-state index < -0.39 is 17.8 Å². The molecule has 0 unspecified atom stereocenters. The third-order valence-corrected chi connectivity index (χ3v) is 2.55. The van der Waals surface area contributed by atoms with Crippen LogP contribution in [0.1, 0.15) is 23.7 Å². The fourth-order valence-electron chi connectivity index (χ4n) is 1.16. The van der Waals surface area contributed by atoms with Crippen LogP contribution in [-0.4, -0.2) is 22.9 Å². The molecule has 18 heavy (non-hydrogen) atoms. The summed E-state index contributed by atoms with van der Waals surface area (Å²) in [5, 5.41) is 0.494. The summed E-state index contributed by atoms with van der Waals surface area (Å²) in [5.41, 5.74) is 7.43. The van der Waals surface area contributed by atoms with Crippen molar-refractivity contribution in [3.8, 4) is 0 Å². The lowest BCUT2D eigenvalue weighted by atomic mass is 10.2. The quantitative estimate of drug-likeness (QED) is 0.808. The normalized spacial score (nSPS) is 9.67. The number of urea groups is 1. The third kappa shape index (κ3) is 3.56. The van der Waals surface area contributed by atoms with Crippen LogP contribution < -0.4 is 11.2 Å². The molecule has 7 heteroatoms. The summed E-state index contributed by atoms with van der Waals surface area (Å²) in [7, 11) is 0. The number of rotatable bonds is 2. The third-order valence-electron chi connectivity index (χ3n) is 2.05. The Bertz CT molecular complexity index is 490. The Morgan fingerprint density at radius 2 is 2.06 bits per heavy atom. The van der Waals surface area contributed by atoms with Crippen LogP contribution in [0.2, 0.25) is 0 Å². The molecule has 0 bridgehead atoms. The maximum atomic E-state index is 12.0. The average molecular weight is 314 g/mol. The number of nitrogens with zero attached hydrogens (tertiary/aromatic N) is 1. The molecule has 0 aliphatic carbocycles. The molecule has 0 spiro atoms. The molecule has 0 fully saturated rings. The number of carbonyl (C=O) groups excluding carboxylic acids is 3. The molecule has 4 amide bonds. The highest BCUT2D eigenvalue weighted by Gasteiger charge is 2.22. The monoisotopic (exact) mass is 313 g/mol. The van der Waals surface area contributed by atoms with Gasteiger partial charge in [0.25, 0.3) is 5.91 Å². The van der Waals surface area contributed by atoms with Gasteiger partial charge in [-0.2, -0.15) is 5.01 Å². The zero-order valence-corrected chi connectivity index (χ0v) is 11.2. The van der Waals surface area contributed by atoms with E-state index in [-0.39, 0.29) is 12.0 Å². The second-order valence-electron chi connectivity index (χ2n) is 3.38. The predicted octanol–water partition coefficient (Wildman–Crippen LogP) is 1.41. The van der Waals surface area contributed by atoms with Crippen molar-refractivity contribution in [2.45, 2.75) is 13.3 Å². The lowest BCUT2D eigenvalue weighted by Crippen LogP contribution is -2.52. The van der Waals surface area contributed by atoms with Crippen molar-refractivity contribution in [2.24, 2.45) is 5.73 Å². The summed E-state index contributed by atoms with van der Waals surface area (Å²) < 4.78 is 0.680. The average Bonchev–Trinajstić information content (AvgIpc) is 2.34. The summed E-state index contributed by atoms with van der Waals surface area (Å²) in [5.74, 6) is -1.16. The largest absolute Gasteiger partial charge is 0.350 e. The first-order valence-corrected chi connectivity index (χ1v) is 5.94. The predicted molar refractivity (Wildman–Crippen MR) is 68.3 cm³/mol. The van der Waals surface area contributed by atoms with Gasteiger partial charge in [-0.1, -0.05) is 28.9 Å². The number of carbonyl (C=O) groups is 3. The van der Waals surface area contributed by atoms with E-state index in [1.54, 1.807) is 19.1 Å². The highest BCUT2D eigenvalue weighted by Crippen LogP contribution is 2.13. The summed E-state index contributed by atoms with van der Waals surface area (Å²) in [6.45, 7) is 1.60. The van der Waals surface area contributed by atoms with Gasteiger partial charge in [0.2, 0.25) is 5.91 Å². The van der Waals surface area contributed by atoms with Crippen molar-refractivity contribution in [3.05, 3.63) is 34.3 Å². The Labute approximate surface area is 112 Å². The van der Waals surface area contributed by atoms with Crippen LogP contribution in [0.5, 0.6) is 0 Å². The Hall–Kier alpha value is -1.89. The van der Waals surface area contributed by atoms with Gasteiger partial charge in [0.1, 0.15) is 0 Å². The van der Waals surface area contributed by atoms with Crippen molar-refractivity contribution in [1.82, 2.24) is 10.4 Å². The molecule has 0 radical (unpaired) electrons. The van der Waals surface area contributed by atoms with E-state index in [1.807, 2.05) is 0 Å². The van der Waals surface area contributed by atoms with Gasteiger partial charge in [-0.15, -0.1) is 0 Å². The smallest absolute Gasteiger partial charge is 0.341 e. The van der Waals surface area contributed by atoms with Crippen LogP contribution in [0.15, 0.2) is 28.7 Å². The Balaban J connectivity index is 2.96. The molecule has 6 nitrogen and oxygen atoms in total. The van der Waals surface area contributed by atoms with Crippen molar-refractivity contribution in [1.29, 1.82) is 0 Å². The molecule has 0 atom stereocenters. The zero-order chi connectivity index (χ0) is 13.7. The summed E-state index contributed by atoms with van der Waals surface area (Å²) in [6, 6.07) is 5.37. The highest BCUT2D eigenvalue weighted by atomic mass is 79.9. The van der Waals surface area contributed by atoms with Gasteiger partial charge < -0.3 is 5.73 Å². The summed E-state index contributed by atoms with van der Waals surface area (Å²) >= 11 is 3.21. The van der Waals surface area contributed by atoms with Crippen LogP contribution in [0.25, 0.3) is 0 Å². The van der Waals surface area contributed by atoms with Gasteiger partial charge >= 0.3 is 6.03 Å². The molecule has 1 aromatic rings. The van der Waals surface area contributed by atoms with E-state index in [0.717, 1.165) is 0 Å².